The van der Waals surface area contributed by atoms with Gasteiger partial charge in [-0.15, -0.1) is 0 Å². The van der Waals surface area contributed by atoms with E-state index in [9.17, 15) is 20.4 Å². The first kappa shape index (κ1) is 16.0. The van der Waals surface area contributed by atoms with Crippen LogP contribution in [0.25, 0.3) is 0 Å². The smallest absolute Gasteiger partial charge is 0.186 e. The maximum Gasteiger partial charge on any atom is 0.186 e. The van der Waals surface area contributed by atoms with Crippen molar-refractivity contribution in [3.05, 3.63) is 0 Å². The molecule has 0 amide bonds. The standard InChI is InChI=1S/C11H20O9/c12-1-4-8(16)9(17)7-10(20-11(4,7)18)19-3-6(15)5(14)2-13/h4-10,12-18H,1-3H2/t4?,5-,6+,7?,8+,9?,10+,11?/m0/s1. The fourth-order valence-corrected chi connectivity index (χ4v) is 2.70. The zero-order valence-corrected chi connectivity index (χ0v) is 10.6. The van der Waals surface area contributed by atoms with Crippen LogP contribution >= 0.6 is 0 Å². The molecule has 7 N–H and O–H groups in total. The van der Waals surface area contributed by atoms with Crippen molar-refractivity contribution in [1.82, 2.24) is 0 Å². The first-order valence-corrected chi connectivity index (χ1v) is 6.32. The Morgan fingerprint density at radius 2 is 1.75 bits per heavy atom. The third kappa shape index (κ3) is 2.34. The highest BCUT2D eigenvalue weighted by Gasteiger charge is 2.71. The molecule has 1 aliphatic carbocycles. The lowest BCUT2D eigenvalue weighted by Gasteiger charge is -2.49. The second-order valence-corrected chi connectivity index (χ2v) is 5.18. The summed E-state index contributed by atoms with van der Waals surface area (Å²) in [6, 6.07) is 0. The summed E-state index contributed by atoms with van der Waals surface area (Å²) in [6.07, 6.45) is -6.50. The van der Waals surface area contributed by atoms with Gasteiger partial charge in [0, 0.05) is 0 Å². The Hall–Kier alpha value is -0.360. The van der Waals surface area contributed by atoms with Crippen molar-refractivity contribution in [3.63, 3.8) is 0 Å². The lowest BCUT2D eigenvalue weighted by atomic mass is 9.89. The molecule has 1 saturated carbocycles. The Balaban J connectivity index is 1.92. The molecule has 0 spiro atoms. The highest BCUT2D eigenvalue weighted by atomic mass is 16.8. The molecule has 0 aromatic heterocycles. The lowest BCUT2D eigenvalue weighted by Crippen LogP contribution is -2.64. The van der Waals surface area contributed by atoms with Gasteiger partial charge in [-0.2, -0.15) is 0 Å². The van der Waals surface area contributed by atoms with Crippen LogP contribution in [0.4, 0.5) is 0 Å². The van der Waals surface area contributed by atoms with E-state index < -0.39 is 61.5 Å². The number of aliphatic hydroxyl groups is 7. The average molecular weight is 296 g/mol. The summed E-state index contributed by atoms with van der Waals surface area (Å²) in [7, 11) is 0. The molecule has 1 heterocycles. The fourth-order valence-electron chi connectivity index (χ4n) is 2.70. The van der Waals surface area contributed by atoms with E-state index >= 15 is 0 Å². The molecule has 2 rings (SSSR count). The summed E-state index contributed by atoms with van der Waals surface area (Å²) in [5, 5.41) is 65.9. The van der Waals surface area contributed by atoms with Crippen molar-refractivity contribution in [2.75, 3.05) is 19.8 Å². The van der Waals surface area contributed by atoms with Crippen molar-refractivity contribution in [1.29, 1.82) is 0 Å². The summed E-state index contributed by atoms with van der Waals surface area (Å²) in [5.41, 5.74) is 0. The molecule has 0 bridgehead atoms. The van der Waals surface area contributed by atoms with E-state index in [0.717, 1.165) is 0 Å². The number of rotatable bonds is 6. The van der Waals surface area contributed by atoms with Crippen LogP contribution < -0.4 is 0 Å². The van der Waals surface area contributed by atoms with E-state index in [4.69, 9.17) is 24.8 Å². The van der Waals surface area contributed by atoms with E-state index in [1.165, 1.54) is 0 Å². The van der Waals surface area contributed by atoms with Crippen molar-refractivity contribution in [2.45, 2.75) is 36.5 Å². The Kier molecular flexibility index (Phi) is 4.64. The van der Waals surface area contributed by atoms with Crippen LogP contribution in [0, 0.1) is 11.8 Å². The summed E-state index contributed by atoms with van der Waals surface area (Å²) in [5.74, 6) is -3.89. The molecule has 0 radical (unpaired) electrons. The van der Waals surface area contributed by atoms with E-state index in [1.54, 1.807) is 0 Å². The normalized spacial score (nSPS) is 46.6. The molecule has 2 fully saturated rings. The number of hydrogen-bond acceptors (Lipinski definition) is 9. The Morgan fingerprint density at radius 1 is 1.10 bits per heavy atom. The molecule has 0 aromatic rings. The van der Waals surface area contributed by atoms with Gasteiger partial charge in [0.2, 0.25) is 0 Å². The van der Waals surface area contributed by atoms with Gasteiger partial charge in [0.05, 0.1) is 43.9 Å². The predicted molar refractivity (Wildman–Crippen MR) is 61.0 cm³/mol. The minimum Gasteiger partial charge on any atom is -0.396 e. The van der Waals surface area contributed by atoms with Crippen molar-refractivity contribution >= 4 is 0 Å². The van der Waals surface area contributed by atoms with Gasteiger partial charge in [-0.05, 0) is 0 Å². The number of hydrogen-bond donors (Lipinski definition) is 7. The topological polar surface area (TPSA) is 160 Å². The molecule has 8 atom stereocenters. The van der Waals surface area contributed by atoms with E-state index in [0.29, 0.717) is 0 Å². The molecular formula is C11H20O9. The highest BCUT2D eigenvalue weighted by molar-refractivity contribution is 5.09. The second-order valence-electron chi connectivity index (χ2n) is 5.18. The maximum atomic E-state index is 10.1. The van der Waals surface area contributed by atoms with Crippen LogP contribution in [0.2, 0.25) is 0 Å². The van der Waals surface area contributed by atoms with Crippen molar-refractivity contribution in [3.8, 4) is 0 Å². The van der Waals surface area contributed by atoms with Crippen LogP contribution in [0.5, 0.6) is 0 Å². The summed E-state index contributed by atoms with van der Waals surface area (Å²) in [4.78, 5) is 0. The monoisotopic (exact) mass is 296 g/mol. The highest BCUT2D eigenvalue weighted by Crippen LogP contribution is 2.52. The molecule has 9 nitrogen and oxygen atoms in total. The SMILES string of the molecule is OCC1[C@@H](O)C(O)C2[C@H](OC[C@@H](O)[C@@H](O)CO)OC21O. The van der Waals surface area contributed by atoms with Gasteiger partial charge in [0.1, 0.15) is 12.2 Å². The molecule has 4 unspecified atom stereocenters. The van der Waals surface area contributed by atoms with Gasteiger partial charge >= 0.3 is 0 Å². The van der Waals surface area contributed by atoms with Gasteiger partial charge in [0.15, 0.2) is 12.1 Å². The molecule has 9 heteroatoms. The van der Waals surface area contributed by atoms with Crippen LogP contribution in [0.15, 0.2) is 0 Å². The van der Waals surface area contributed by atoms with Crippen LogP contribution in [0.1, 0.15) is 0 Å². The minimum atomic E-state index is -1.88. The number of ether oxygens (including phenoxy) is 2. The molecular weight excluding hydrogens is 276 g/mol. The van der Waals surface area contributed by atoms with E-state index in [-0.39, 0.29) is 6.61 Å². The third-order valence-electron chi connectivity index (χ3n) is 4.00. The molecule has 1 aliphatic heterocycles. The van der Waals surface area contributed by atoms with Crippen LogP contribution in [-0.2, 0) is 9.47 Å². The van der Waals surface area contributed by atoms with Gasteiger partial charge in [-0.1, -0.05) is 0 Å². The fraction of sp³-hybridized carbons (Fsp3) is 1.00. The lowest BCUT2D eigenvalue weighted by molar-refractivity contribution is -0.440. The summed E-state index contributed by atoms with van der Waals surface area (Å²) >= 11 is 0. The van der Waals surface area contributed by atoms with Gasteiger partial charge in [0.25, 0.3) is 0 Å². The molecule has 2 aliphatic rings. The zero-order chi connectivity index (χ0) is 15.1. The van der Waals surface area contributed by atoms with E-state index in [1.807, 2.05) is 0 Å². The third-order valence-corrected chi connectivity index (χ3v) is 4.00. The van der Waals surface area contributed by atoms with Gasteiger partial charge in [-0.3, -0.25) is 0 Å². The number of fused-ring (bicyclic) bond motifs is 1. The Morgan fingerprint density at radius 3 is 2.30 bits per heavy atom. The van der Waals surface area contributed by atoms with Crippen molar-refractivity contribution in [2.24, 2.45) is 11.8 Å². The van der Waals surface area contributed by atoms with Gasteiger partial charge in [-0.25, -0.2) is 0 Å². The summed E-state index contributed by atoms with van der Waals surface area (Å²) in [6.45, 7) is -1.59. The Bertz CT molecular complexity index is 340. The second kappa shape index (κ2) is 5.79. The first-order valence-electron chi connectivity index (χ1n) is 6.32. The molecule has 118 valence electrons. The quantitative estimate of drug-likeness (QED) is 0.257. The molecule has 1 saturated heterocycles. The van der Waals surface area contributed by atoms with Crippen LogP contribution in [0.3, 0.4) is 0 Å². The van der Waals surface area contributed by atoms with E-state index in [2.05, 4.69) is 0 Å². The average Bonchev–Trinajstić information content (AvgIpc) is 2.55. The zero-order valence-electron chi connectivity index (χ0n) is 10.6. The Labute approximate surface area is 114 Å². The molecule has 20 heavy (non-hydrogen) atoms. The largest absolute Gasteiger partial charge is 0.396 e. The maximum absolute atomic E-state index is 10.1. The van der Waals surface area contributed by atoms with Gasteiger partial charge < -0.3 is 45.2 Å². The predicted octanol–water partition coefficient (Wildman–Crippen LogP) is -4.28. The molecule has 0 aromatic carbocycles. The summed E-state index contributed by atoms with van der Waals surface area (Å²) < 4.78 is 10.2. The van der Waals surface area contributed by atoms with Crippen molar-refractivity contribution < 1.29 is 45.2 Å². The minimum absolute atomic E-state index is 0.383. The first-order chi connectivity index (χ1) is 9.36. The van der Waals surface area contributed by atoms with Crippen LogP contribution in [-0.4, -0.2) is 92.1 Å². The number of aliphatic hydroxyl groups excluding tert-OH is 6.